The number of anilines is 1. The first kappa shape index (κ1) is 20.0. The van der Waals surface area contributed by atoms with Crippen LogP contribution in [0, 0.1) is 0 Å². The molecule has 2 rings (SSSR count). The zero-order valence-electron chi connectivity index (χ0n) is 15.3. The standard InChI is InChI=1S/C20H22N2O5/c1-3-27-20(25)15-9-5-6-10-16(15)22-19(24)12-18(23)21-13-14-8-4-7-11-17(14)26-2/h4-11H,3,12-13H2,1-2H3,(H,21,23)(H,22,24). The van der Waals surface area contributed by atoms with Gasteiger partial charge in [0, 0.05) is 12.1 Å². The molecule has 0 radical (unpaired) electrons. The molecule has 2 aromatic rings. The molecule has 0 atom stereocenters. The molecule has 0 aliphatic carbocycles. The molecule has 0 heterocycles. The molecule has 0 bridgehead atoms. The van der Waals surface area contributed by atoms with E-state index in [1.165, 1.54) is 0 Å². The molecule has 0 fully saturated rings. The Balaban J connectivity index is 1.92. The highest BCUT2D eigenvalue weighted by Gasteiger charge is 2.16. The van der Waals surface area contributed by atoms with Crippen LogP contribution in [0.25, 0.3) is 0 Å². The van der Waals surface area contributed by atoms with Crippen LogP contribution in [-0.4, -0.2) is 31.5 Å². The number of benzene rings is 2. The van der Waals surface area contributed by atoms with E-state index in [0.29, 0.717) is 11.4 Å². The lowest BCUT2D eigenvalue weighted by Crippen LogP contribution is -2.28. The number of hydrogen-bond donors (Lipinski definition) is 2. The van der Waals surface area contributed by atoms with Crippen LogP contribution in [0.5, 0.6) is 5.75 Å². The number of hydrogen-bond acceptors (Lipinski definition) is 5. The summed E-state index contributed by atoms with van der Waals surface area (Å²) in [5.74, 6) is -0.837. The smallest absolute Gasteiger partial charge is 0.340 e. The van der Waals surface area contributed by atoms with Crippen molar-refractivity contribution in [2.24, 2.45) is 0 Å². The van der Waals surface area contributed by atoms with E-state index in [-0.39, 0.29) is 25.1 Å². The average molecular weight is 370 g/mol. The maximum Gasteiger partial charge on any atom is 0.340 e. The minimum Gasteiger partial charge on any atom is -0.496 e. The summed E-state index contributed by atoms with van der Waals surface area (Å²) < 4.78 is 10.2. The number of para-hydroxylation sites is 2. The SMILES string of the molecule is CCOC(=O)c1ccccc1NC(=O)CC(=O)NCc1ccccc1OC. The van der Waals surface area contributed by atoms with E-state index in [2.05, 4.69) is 10.6 Å². The van der Waals surface area contributed by atoms with Crippen LogP contribution in [0.4, 0.5) is 5.69 Å². The summed E-state index contributed by atoms with van der Waals surface area (Å²) in [5, 5.41) is 5.25. The van der Waals surface area contributed by atoms with E-state index >= 15 is 0 Å². The lowest BCUT2D eigenvalue weighted by atomic mass is 10.1. The molecule has 0 saturated heterocycles. The Morgan fingerprint density at radius 3 is 2.41 bits per heavy atom. The number of amides is 2. The molecule has 7 nitrogen and oxygen atoms in total. The highest BCUT2D eigenvalue weighted by molar-refractivity contribution is 6.06. The Bertz CT molecular complexity index is 820. The summed E-state index contributed by atoms with van der Waals surface area (Å²) in [7, 11) is 1.55. The van der Waals surface area contributed by atoms with E-state index in [1.807, 2.05) is 18.2 Å². The Morgan fingerprint density at radius 1 is 0.963 bits per heavy atom. The second-order valence-electron chi connectivity index (χ2n) is 5.58. The minimum atomic E-state index is -0.533. The molecular weight excluding hydrogens is 348 g/mol. The van der Waals surface area contributed by atoms with Crippen molar-refractivity contribution >= 4 is 23.5 Å². The van der Waals surface area contributed by atoms with Gasteiger partial charge in [-0.3, -0.25) is 9.59 Å². The highest BCUT2D eigenvalue weighted by Crippen LogP contribution is 2.18. The first-order valence-corrected chi connectivity index (χ1v) is 8.49. The van der Waals surface area contributed by atoms with Gasteiger partial charge in [-0.05, 0) is 25.1 Å². The van der Waals surface area contributed by atoms with Gasteiger partial charge in [0.25, 0.3) is 0 Å². The van der Waals surface area contributed by atoms with Crippen molar-refractivity contribution in [3.8, 4) is 5.75 Å². The van der Waals surface area contributed by atoms with Gasteiger partial charge < -0.3 is 20.1 Å². The fraction of sp³-hybridized carbons (Fsp3) is 0.250. The monoisotopic (exact) mass is 370 g/mol. The summed E-state index contributed by atoms with van der Waals surface area (Å²) in [5.41, 5.74) is 1.35. The Kier molecular flexibility index (Phi) is 7.37. The number of carbonyl (C=O) groups is 3. The number of methoxy groups -OCH3 is 1. The third-order valence-electron chi connectivity index (χ3n) is 3.69. The molecule has 142 valence electrons. The van der Waals surface area contributed by atoms with E-state index in [9.17, 15) is 14.4 Å². The molecule has 0 aromatic heterocycles. The quantitative estimate of drug-likeness (QED) is 0.550. The van der Waals surface area contributed by atoms with E-state index in [4.69, 9.17) is 9.47 Å². The number of nitrogens with one attached hydrogen (secondary N) is 2. The van der Waals surface area contributed by atoms with E-state index < -0.39 is 17.8 Å². The number of esters is 1. The molecule has 27 heavy (non-hydrogen) atoms. The van der Waals surface area contributed by atoms with Gasteiger partial charge in [0.05, 0.1) is 25.0 Å². The van der Waals surface area contributed by atoms with Crippen molar-refractivity contribution in [1.82, 2.24) is 5.32 Å². The van der Waals surface area contributed by atoms with Crippen molar-refractivity contribution in [2.45, 2.75) is 19.9 Å². The zero-order valence-corrected chi connectivity index (χ0v) is 15.3. The van der Waals surface area contributed by atoms with Crippen molar-refractivity contribution in [3.63, 3.8) is 0 Å². The van der Waals surface area contributed by atoms with Crippen LogP contribution in [0.3, 0.4) is 0 Å². The van der Waals surface area contributed by atoms with Gasteiger partial charge in [0.15, 0.2) is 0 Å². The van der Waals surface area contributed by atoms with Gasteiger partial charge in [-0.1, -0.05) is 30.3 Å². The van der Waals surface area contributed by atoms with Crippen molar-refractivity contribution < 1.29 is 23.9 Å². The van der Waals surface area contributed by atoms with E-state index in [1.54, 1.807) is 44.4 Å². The fourth-order valence-electron chi connectivity index (χ4n) is 2.42. The minimum absolute atomic E-state index is 0.229. The van der Waals surface area contributed by atoms with Gasteiger partial charge in [0.1, 0.15) is 12.2 Å². The number of rotatable bonds is 8. The number of carbonyl (C=O) groups excluding carboxylic acids is 3. The fourth-order valence-corrected chi connectivity index (χ4v) is 2.42. The maximum atomic E-state index is 12.1. The maximum absolute atomic E-state index is 12.1. The summed E-state index contributed by atoms with van der Waals surface area (Å²) in [6, 6.07) is 13.8. The molecule has 7 heteroatoms. The average Bonchev–Trinajstić information content (AvgIpc) is 2.67. The van der Waals surface area contributed by atoms with Crippen molar-refractivity contribution in [3.05, 3.63) is 59.7 Å². The molecule has 2 N–H and O–H groups in total. The second-order valence-corrected chi connectivity index (χ2v) is 5.58. The molecule has 0 spiro atoms. The molecule has 0 aliphatic rings. The summed E-state index contributed by atoms with van der Waals surface area (Å²) in [6.07, 6.45) is -0.369. The van der Waals surface area contributed by atoms with Crippen LogP contribution in [-0.2, 0) is 20.9 Å². The predicted molar refractivity (Wildman–Crippen MR) is 100 cm³/mol. The molecule has 0 unspecified atom stereocenters. The lowest BCUT2D eigenvalue weighted by Gasteiger charge is -2.11. The van der Waals surface area contributed by atoms with Crippen LogP contribution < -0.4 is 15.4 Å². The van der Waals surface area contributed by atoms with Gasteiger partial charge in [-0.2, -0.15) is 0 Å². The summed E-state index contributed by atoms with van der Waals surface area (Å²) >= 11 is 0. The van der Waals surface area contributed by atoms with Crippen molar-refractivity contribution in [2.75, 3.05) is 19.0 Å². The first-order chi connectivity index (χ1) is 13.0. The number of ether oxygens (including phenoxy) is 2. The van der Waals surface area contributed by atoms with E-state index in [0.717, 1.165) is 5.56 Å². The summed E-state index contributed by atoms with van der Waals surface area (Å²) in [4.78, 5) is 36.1. The Hall–Kier alpha value is -3.35. The largest absolute Gasteiger partial charge is 0.496 e. The van der Waals surface area contributed by atoms with Crippen LogP contribution in [0.1, 0.15) is 29.3 Å². The van der Waals surface area contributed by atoms with Crippen LogP contribution in [0.15, 0.2) is 48.5 Å². The summed E-state index contributed by atoms with van der Waals surface area (Å²) in [6.45, 7) is 2.17. The Labute approximate surface area is 157 Å². The molecule has 2 aromatic carbocycles. The molecular formula is C20H22N2O5. The van der Waals surface area contributed by atoms with Gasteiger partial charge in [-0.15, -0.1) is 0 Å². The molecule has 0 aliphatic heterocycles. The van der Waals surface area contributed by atoms with Gasteiger partial charge >= 0.3 is 5.97 Å². The first-order valence-electron chi connectivity index (χ1n) is 8.49. The zero-order chi connectivity index (χ0) is 19.6. The van der Waals surface area contributed by atoms with Crippen LogP contribution >= 0.6 is 0 Å². The molecule has 0 saturated carbocycles. The Morgan fingerprint density at radius 2 is 1.67 bits per heavy atom. The predicted octanol–water partition coefficient (Wildman–Crippen LogP) is 2.52. The third kappa shape index (κ3) is 5.85. The van der Waals surface area contributed by atoms with Crippen LogP contribution in [0.2, 0.25) is 0 Å². The normalized spacial score (nSPS) is 10.0. The lowest BCUT2D eigenvalue weighted by molar-refractivity contribution is -0.126. The molecule has 2 amide bonds. The third-order valence-corrected chi connectivity index (χ3v) is 3.69. The van der Waals surface area contributed by atoms with Crippen molar-refractivity contribution in [1.29, 1.82) is 0 Å². The topological polar surface area (TPSA) is 93.7 Å². The highest BCUT2D eigenvalue weighted by atomic mass is 16.5. The van der Waals surface area contributed by atoms with Gasteiger partial charge in [-0.25, -0.2) is 4.79 Å². The van der Waals surface area contributed by atoms with Gasteiger partial charge in [0.2, 0.25) is 11.8 Å². The second kappa shape index (κ2) is 9.96.